The van der Waals surface area contributed by atoms with E-state index in [0.29, 0.717) is 0 Å². The molecule has 3 rings (SSSR count). The summed E-state index contributed by atoms with van der Waals surface area (Å²) in [6.45, 7) is 3.86. The molecule has 0 atom stereocenters. The number of benzene rings is 3. The Kier molecular flexibility index (Phi) is 4.18. The van der Waals surface area contributed by atoms with Crippen molar-refractivity contribution >= 4 is 79.0 Å². The van der Waals surface area contributed by atoms with Gasteiger partial charge >= 0.3 is 0 Å². The van der Waals surface area contributed by atoms with Gasteiger partial charge in [-0.3, -0.25) is 0 Å². The second kappa shape index (κ2) is 5.47. The van der Waals surface area contributed by atoms with Crippen LogP contribution >= 0.6 is 0 Å². The van der Waals surface area contributed by atoms with Gasteiger partial charge in [0.2, 0.25) is 0 Å². The predicted octanol–water partition coefficient (Wildman–Crippen LogP) is 4.26. The second-order valence-corrected chi connectivity index (χ2v) is 3.97. The third-order valence-electron chi connectivity index (χ3n) is 3.00. The minimum absolute atomic E-state index is 0. The molecule has 0 amide bonds. The van der Waals surface area contributed by atoms with Crippen LogP contribution in [0.15, 0.2) is 61.2 Å². The molecule has 0 nitrogen and oxygen atoms in total. The SMILES string of the molecule is C=Cc1cccc2cc3ccccc3cc12.[K]. The predicted molar refractivity (Wildman–Crippen MR) is 77.3 cm³/mol. The monoisotopic (exact) mass is 243 g/mol. The van der Waals surface area contributed by atoms with E-state index < -0.39 is 0 Å². The van der Waals surface area contributed by atoms with E-state index in [1.807, 2.05) is 6.08 Å². The molecule has 1 heteroatoms. The van der Waals surface area contributed by atoms with E-state index in [-0.39, 0.29) is 51.4 Å². The van der Waals surface area contributed by atoms with Crippen molar-refractivity contribution in [2.45, 2.75) is 0 Å². The van der Waals surface area contributed by atoms with Crippen LogP contribution in [0.2, 0.25) is 0 Å². The van der Waals surface area contributed by atoms with Crippen LogP contribution in [0.25, 0.3) is 27.6 Å². The normalized spacial score (nSPS) is 10.1. The van der Waals surface area contributed by atoms with Gasteiger partial charge in [-0.15, -0.1) is 0 Å². The van der Waals surface area contributed by atoms with Crippen LogP contribution < -0.4 is 0 Å². The van der Waals surface area contributed by atoms with E-state index >= 15 is 0 Å². The number of fused-ring (bicyclic) bond motifs is 2. The van der Waals surface area contributed by atoms with Crippen molar-refractivity contribution in [2.75, 3.05) is 0 Å². The Labute approximate surface area is 144 Å². The van der Waals surface area contributed by atoms with Crippen LogP contribution in [0.3, 0.4) is 0 Å². The van der Waals surface area contributed by atoms with E-state index in [1.54, 1.807) is 0 Å². The summed E-state index contributed by atoms with van der Waals surface area (Å²) in [5.41, 5.74) is 1.20. The Morgan fingerprint density at radius 1 is 0.765 bits per heavy atom. The summed E-state index contributed by atoms with van der Waals surface area (Å²) in [5.74, 6) is 0. The van der Waals surface area contributed by atoms with E-state index in [1.165, 1.54) is 27.1 Å². The molecule has 0 aromatic heterocycles. The van der Waals surface area contributed by atoms with Gasteiger partial charge in [0.05, 0.1) is 0 Å². The van der Waals surface area contributed by atoms with Crippen molar-refractivity contribution < 1.29 is 0 Å². The molecule has 0 bridgehead atoms. The van der Waals surface area contributed by atoms with Gasteiger partial charge in [0.25, 0.3) is 0 Å². The number of rotatable bonds is 1. The number of hydrogen-bond donors (Lipinski definition) is 0. The molecule has 17 heavy (non-hydrogen) atoms. The molecule has 0 spiro atoms. The zero-order chi connectivity index (χ0) is 11.0. The summed E-state index contributed by atoms with van der Waals surface area (Å²) >= 11 is 0. The third-order valence-corrected chi connectivity index (χ3v) is 3.00. The quantitative estimate of drug-likeness (QED) is 0.442. The first-order valence-corrected chi connectivity index (χ1v) is 5.42. The Hall–Kier alpha value is -0.444. The molecule has 0 saturated carbocycles. The Bertz CT molecular complexity index is 683. The smallest absolute Gasteiger partial charge is 0 e. The minimum Gasteiger partial charge on any atom is -0.0984 e. The Balaban J connectivity index is 0.00000108. The first-order chi connectivity index (χ1) is 7.88. The van der Waals surface area contributed by atoms with E-state index in [2.05, 4.69) is 61.2 Å². The molecular weight excluding hydrogens is 231 g/mol. The van der Waals surface area contributed by atoms with Crippen LogP contribution in [-0.4, -0.2) is 51.4 Å². The first-order valence-electron chi connectivity index (χ1n) is 5.42. The maximum absolute atomic E-state index is 3.86. The van der Waals surface area contributed by atoms with Gasteiger partial charge in [-0.25, -0.2) is 0 Å². The zero-order valence-corrected chi connectivity index (χ0v) is 13.1. The molecule has 0 unspecified atom stereocenters. The molecule has 1 radical (unpaired) electrons. The summed E-state index contributed by atoms with van der Waals surface area (Å²) < 4.78 is 0. The van der Waals surface area contributed by atoms with Crippen LogP contribution in [-0.2, 0) is 0 Å². The average molecular weight is 243 g/mol. The van der Waals surface area contributed by atoms with Crippen molar-refractivity contribution in [3.63, 3.8) is 0 Å². The summed E-state index contributed by atoms with van der Waals surface area (Å²) in [4.78, 5) is 0. The molecule has 0 heterocycles. The van der Waals surface area contributed by atoms with Gasteiger partial charge in [0.15, 0.2) is 0 Å². The van der Waals surface area contributed by atoms with Crippen molar-refractivity contribution in [1.29, 1.82) is 0 Å². The molecule has 0 saturated heterocycles. The molecule has 0 N–H and O–H groups in total. The summed E-state index contributed by atoms with van der Waals surface area (Å²) in [7, 11) is 0. The standard InChI is InChI=1S/C16H12.K/c1-2-12-8-5-9-15-10-13-6-3-4-7-14(13)11-16(12)15;/h2-11H,1H2;. The molecule has 0 aliphatic rings. The Morgan fingerprint density at radius 2 is 1.41 bits per heavy atom. The molecule has 3 aromatic carbocycles. The van der Waals surface area contributed by atoms with Gasteiger partial charge in [0, 0.05) is 51.4 Å². The fourth-order valence-electron chi connectivity index (χ4n) is 2.17. The minimum atomic E-state index is 0. The van der Waals surface area contributed by atoms with E-state index in [9.17, 15) is 0 Å². The molecule has 0 fully saturated rings. The van der Waals surface area contributed by atoms with Crippen molar-refractivity contribution in [3.05, 3.63) is 66.7 Å². The molecular formula is C16H12K. The first kappa shape index (κ1) is 13.0. The van der Waals surface area contributed by atoms with Gasteiger partial charge < -0.3 is 0 Å². The Morgan fingerprint density at radius 3 is 2.12 bits per heavy atom. The van der Waals surface area contributed by atoms with Gasteiger partial charge in [-0.05, 0) is 39.2 Å². The zero-order valence-electron chi connectivity index (χ0n) is 9.98. The van der Waals surface area contributed by atoms with Crippen molar-refractivity contribution in [2.24, 2.45) is 0 Å². The summed E-state index contributed by atoms with van der Waals surface area (Å²) in [5, 5.41) is 5.12. The van der Waals surface area contributed by atoms with Crippen LogP contribution in [0.4, 0.5) is 0 Å². The maximum Gasteiger partial charge on any atom is 0 e. The van der Waals surface area contributed by atoms with Crippen LogP contribution in [0.1, 0.15) is 5.56 Å². The molecule has 3 aromatic rings. The summed E-state index contributed by atoms with van der Waals surface area (Å²) in [6, 6.07) is 19.2. The number of hydrogen-bond acceptors (Lipinski definition) is 0. The van der Waals surface area contributed by atoms with Gasteiger partial charge in [-0.1, -0.05) is 55.1 Å². The van der Waals surface area contributed by atoms with Crippen molar-refractivity contribution in [1.82, 2.24) is 0 Å². The van der Waals surface area contributed by atoms with Crippen molar-refractivity contribution in [3.8, 4) is 0 Å². The van der Waals surface area contributed by atoms with Crippen LogP contribution in [0.5, 0.6) is 0 Å². The molecule has 0 aliphatic heterocycles. The molecule has 77 valence electrons. The third kappa shape index (κ3) is 2.39. The maximum atomic E-state index is 3.86. The topological polar surface area (TPSA) is 0 Å². The van der Waals surface area contributed by atoms with Crippen LogP contribution in [0, 0.1) is 0 Å². The average Bonchev–Trinajstić information content (AvgIpc) is 2.35. The fraction of sp³-hybridized carbons (Fsp3) is 0. The van der Waals surface area contributed by atoms with E-state index in [0.717, 1.165) is 0 Å². The van der Waals surface area contributed by atoms with Gasteiger partial charge in [-0.2, -0.15) is 0 Å². The van der Waals surface area contributed by atoms with Gasteiger partial charge in [0.1, 0.15) is 0 Å². The second-order valence-electron chi connectivity index (χ2n) is 3.97. The fourth-order valence-corrected chi connectivity index (χ4v) is 2.17. The summed E-state index contributed by atoms with van der Waals surface area (Å²) in [6.07, 6.45) is 1.91. The largest absolute Gasteiger partial charge is 0.0984 e. The molecule has 0 aliphatic carbocycles. The van der Waals surface area contributed by atoms with E-state index in [4.69, 9.17) is 0 Å².